The van der Waals surface area contributed by atoms with Crippen LogP contribution in [-0.2, 0) is 0 Å². The second-order valence-electron chi connectivity index (χ2n) is 3.17. The van der Waals surface area contributed by atoms with E-state index in [0.717, 1.165) is 5.52 Å². The molecule has 0 aliphatic heterocycles. The van der Waals surface area contributed by atoms with Crippen LogP contribution in [0.1, 0.15) is 0 Å². The fraction of sp³-hybridized carbons (Fsp3) is 0.222. The molecule has 0 saturated heterocycles. The van der Waals surface area contributed by atoms with Gasteiger partial charge in [0.25, 0.3) is 0 Å². The van der Waals surface area contributed by atoms with Crippen molar-refractivity contribution in [2.24, 2.45) is 0 Å². The van der Waals surface area contributed by atoms with Gasteiger partial charge in [0.2, 0.25) is 0 Å². The second kappa shape index (κ2) is 3.10. The van der Waals surface area contributed by atoms with Crippen LogP contribution in [0, 0.1) is 0 Å². The Bertz CT molecular complexity index is 466. The molecule has 0 unspecified atom stereocenters. The number of nitrogens with two attached hydrogens (primary N) is 1. The molecular formula is C9H11N5. The van der Waals surface area contributed by atoms with Crippen molar-refractivity contribution in [1.29, 1.82) is 0 Å². The summed E-state index contributed by atoms with van der Waals surface area (Å²) >= 11 is 0. The van der Waals surface area contributed by atoms with E-state index in [9.17, 15) is 0 Å². The predicted molar refractivity (Wildman–Crippen MR) is 56.1 cm³/mol. The van der Waals surface area contributed by atoms with E-state index in [1.165, 1.54) is 0 Å². The van der Waals surface area contributed by atoms with Crippen LogP contribution < -0.4 is 10.6 Å². The van der Waals surface area contributed by atoms with E-state index in [4.69, 9.17) is 5.73 Å². The molecule has 0 aliphatic carbocycles. The van der Waals surface area contributed by atoms with Crippen molar-refractivity contribution in [1.82, 2.24) is 15.0 Å². The van der Waals surface area contributed by atoms with Gasteiger partial charge in [-0.05, 0) is 12.1 Å². The molecule has 0 amide bonds. The third-order valence-corrected chi connectivity index (χ3v) is 1.87. The lowest BCUT2D eigenvalue weighted by Crippen LogP contribution is -2.14. The van der Waals surface area contributed by atoms with Crippen molar-refractivity contribution in [3.05, 3.63) is 18.3 Å². The fourth-order valence-corrected chi connectivity index (χ4v) is 1.23. The third kappa shape index (κ3) is 1.32. The smallest absolute Gasteiger partial charge is 0.180 e. The van der Waals surface area contributed by atoms with Gasteiger partial charge in [-0.25, -0.2) is 15.0 Å². The monoisotopic (exact) mass is 189 g/mol. The summed E-state index contributed by atoms with van der Waals surface area (Å²) in [5, 5.41) is 0. The highest BCUT2D eigenvalue weighted by Crippen LogP contribution is 2.18. The first-order chi connectivity index (χ1) is 6.68. The van der Waals surface area contributed by atoms with Crippen molar-refractivity contribution >= 4 is 22.8 Å². The first kappa shape index (κ1) is 8.68. The van der Waals surface area contributed by atoms with Crippen LogP contribution in [0.2, 0.25) is 0 Å². The molecular weight excluding hydrogens is 178 g/mol. The summed E-state index contributed by atoms with van der Waals surface area (Å²) in [6, 6.07) is 3.69. The predicted octanol–water partition coefficient (Wildman–Crippen LogP) is 0.673. The molecule has 0 bridgehead atoms. The van der Waals surface area contributed by atoms with Gasteiger partial charge in [-0.3, -0.25) is 0 Å². The van der Waals surface area contributed by atoms with Gasteiger partial charge in [0.1, 0.15) is 5.52 Å². The van der Waals surface area contributed by atoms with Crippen LogP contribution in [0.15, 0.2) is 18.3 Å². The van der Waals surface area contributed by atoms with Gasteiger partial charge >= 0.3 is 0 Å². The number of pyridine rings is 1. The van der Waals surface area contributed by atoms with Crippen molar-refractivity contribution in [2.45, 2.75) is 0 Å². The highest BCUT2D eigenvalue weighted by molar-refractivity contribution is 5.76. The minimum absolute atomic E-state index is 0.404. The van der Waals surface area contributed by atoms with Gasteiger partial charge < -0.3 is 10.6 Å². The van der Waals surface area contributed by atoms with Crippen LogP contribution in [0.25, 0.3) is 11.2 Å². The Balaban J connectivity index is 2.71. The summed E-state index contributed by atoms with van der Waals surface area (Å²) in [4.78, 5) is 14.4. The fourth-order valence-electron chi connectivity index (χ4n) is 1.23. The lowest BCUT2D eigenvalue weighted by Gasteiger charge is -2.12. The average molecular weight is 189 g/mol. The van der Waals surface area contributed by atoms with Gasteiger partial charge in [-0.2, -0.15) is 0 Å². The standard InChI is InChI=1S/C9H11N5/c1-14(2)9-7(10)13-8-6(12-9)4-3-5-11-8/h3-5H,1-2H3,(H2,10,11,13). The van der Waals surface area contributed by atoms with Crippen LogP contribution in [0.5, 0.6) is 0 Å². The molecule has 2 aromatic rings. The lowest BCUT2D eigenvalue weighted by atomic mass is 10.4. The molecule has 0 spiro atoms. The highest BCUT2D eigenvalue weighted by Gasteiger charge is 2.07. The van der Waals surface area contributed by atoms with E-state index in [1.807, 2.05) is 31.1 Å². The van der Waals surface area contributed by atoms with E-state index in [-0.39, 0.29) is 0 Å². The summed E-state index contributed by atoms with van der Waals surface area (Å²) in [6.07, 6.45) is 1.67. The van der Waals surface area contributed by atoms with E-state index in [0.29, 0.717) is 17.3 Å². The van der Waals surface area contributed by atoms with E-state index in [1.54, 1.807) is 6.20 Å². The molecule has 2 heterocycles. The number of aromatic nitrogens is 3. The number of hydrogen-bond donors (Lipinski definition) is 1. The summed E-state index contributed by atoms with van der Waals surface area (Å²) in [7, 11) is 3.76. The van der Waals surface area contributed by atoms with Crippen molar-refractivity contribution in [3.63, 3.8) is 0 Å². The summed E-state index contributed by atoms with van der Waals surface area (Å²) in [5.41, 5.74) is 7.07. The molecule has 2 N–H and O–H groups in total. The Morgan fingerprint density at radius 2 is 2.07 bits per heavy atom. The molecule has 0 radical (unpaired) electrons. The SMILES string of the molecule is CN(C)c1nc2cccnc2nc1N. The van der Waals surface area contributed by atoms with Crippen molar-refractivity contribution in [2.75, 3.05) is 24.7 Å². The maximum Gasteiger partial charge on any atom is 0.180 e. The van der Waals surface area contributed by atoms with E-state index >= 15 is 0 Å². The highest BCUT2D eigenvalue weighted by atomic mass is 15.2. The van der Waals surface area contributed by atoms with Gasteiger partial charge in [-0.15, -0.1) is 0 Å². The number of fused-ring (bicyclic) bond motifs is 1. The van der Waals surface area contributed by atoms with Gasteiger partial charge in [-0.1, -0.05) is 0 Å². The Kier molecular flexibility index (Phi) is 1.92. The number of hydrogen-bond acceptors (Lipinski definition) is 5. The molecule has 0 aliphatic rings. The molecule has 14 heavy (non-hydrogen) atoms. The Labute approximate surface area is 81.6 Å². The Morgan fingerprint density at radius 3 is 2.79 bits per heavy atom. The first-order valence-electron chi connectivity index (χ1n) is 4.24. The van der Waals surface area contributed by atoms with Gasteiger partial charge in [0.15, 0.2) is 17.3 Å². The number of nitrogen functional groups attached to an aromatic ring is 1. The Hall–Kier alpha value is -1.91. The lowest BCUT2D eigenvalue weighted by molar-refractivity contribution is 1.06. The zero-order chi connectivity index (χ0) is 10.1. The van der Waals surface area contributed by atoms with E-state index < -0.39 is 0 Å². The molecule has 0 fully saturated rings. The molecule has 5 heteroatoms. The number of rotatable bonds is 1. The zero-order valence-corrected chi connectivity index (χ0v) is 8.10. The topological polar surface area (TPSA) is 67.9 Å². The van der Waals surface area contributed by atoms with Crippen molar-refractivity contribution < 1.29 is 0 Å². The minimum atomic E-state index is 0.404. The van der Waals surface area contributed by atoms with Crippen LogP contribution >= 0.6 is 0 Å². The molecule has 5 nitrogen and oxygen atoms in total. The van der Waals surface area contributed by atoms with Crippen LogP contribution in [0.3, 0.4) is 0 Å². The molecule has 0 saturated carbocycles. The molecule has 0 atom stereocenters. The molecule has 72 valence electrons. The molecule has 0 aromatic carbocycles. The van der Waals surface area contributed by atoms with Crippen LogP contribution in [0.4, 0.5) is 11.6 Å². The summed E-state index contributed by atoms with van der Waals surface area (Å²) in [5.74, 6) is 1.08. The van der Waals surface area contributed by atoms with Crippen LogP contribution in [-0.4, -0.2) is 29.0 Å². The normalized spacial score (nSPS) is 10.4. The summed E-state index contributed by atoms with van der Waals surface area (Å²) in [6.45, 7) is 0. The average Bonchev–Trinajstić information content (AvgIpc) is 2.16. The Morgan fingerprint density at radius 1 is 1.29 bits per heavy atom. The maximum absolute atomic E-state index is 5.73. The summed E-state index contributed by atoms with van der Waals surface area (Å²) < 4.78 is 0. The molecule has 2 aromatic heterocycles. The molecule has 2 rings (SSSR count). The number of nitrogens with zero attached hydrogens (tertiary/aromatic N) is 4. The van der Waals surface area contributed by atoms with Crippen molar-refractivity contribution in [3.8, 4) is 0 Å². The second-order valence-corrected chi connectivity index (χ2v) is 3.17. The number of anilines is 2. The van der Waals surface area contributed by atoms with Gasteiger partial charge in [0, 0.05) is 20.3 Å². The quantitative estimate of drug-likeness (QED) is 0.714. The largest absolute Gasteiger partial charge is 0.381 e. The van der Waals surface area contributed by atoms with E-state index in [2.05, 4.69) is 15.0 Å². The third-order valence-electron chi connectivity index (χ3n) is 1.87. The minimum Gasteiger partial charge on any atom is -0.381 e. The maximum atomic E-state index is 5.73. The first-order valence-corrected chi connectivity index (χ1v) is 4.24. The van der Waals surface area contributed by atoms with Gasteiger partial charge in [0.05, 0.1) is 0 Å². The zero-order valence-electron chi connectivity index (χ0n) is 8.10.